The van der Waals surface area contributed by atoms with E-state index < -0.39 is 10.8 Å². The van der Waals surface area contributed by atoms with E-state index in [2.05, 4.69) is 21.2 Å². The smallest absolute Gasteiger partial charge is 0.284 e. The molecule has 3 aromatic carbocycles. The van der Waals surface area contributed by atoms with Gasteiger partial charge in [-0.15, -0.1) is 0 Å². The number of nitrogens with one attached hydrogen (secondary N) is 1. The molecule has 27 heavy (non-hydrogen) atoms. The molecule has 2 N–H and O–H groups in total. The topological polar surface area (TPSA) is 92.5 Å². The Kier molecular flexibility index (Phi) is 5.78. The minimum Gasteiger partial charge on any atom is -0.508 e. The molecule has 0 spiro atoms. The zero-order valence-electron chi connectivity index (χ0n) is 13.8. The molecule has 0 unspecified atom stereocenters. The fraction of sp³-hybridized carbons (Fsp3) is 0. The molecule has 1 amide bonds. The van der Waals surface area contributed by atoms with Gasteiger partial charge in [-0.25, -0.2) is 0 Å². The first kappa shape index (κ1) is 18.9. The lowest BCUT2D eigenvalue weighted by molar-refractivity contribution is -0.387. The number of rotatable bonds is 5. The Labute approximate surface area is 167 Å². The van der Waals surface area contributed by atoms with E-state index >= 15 is 0 Å². The van der Waals surface area contributed by atoms with Gasteiger partial charge in [-0.1, -0.05) is 39.8 Å². The fourth-order valence-corrected chi connectivity index (χ4v) is 3.68. The molecule has 0 aromatic heterocycles. The number of nitro groups is 1. The molecule has 0 atom stereocenters. The molecular weight excluding hydrogens is 432 g/mol. The van der Waals surface area contributed by atoms with Crippen LogP contribution in [-0.4, -0.2) is 15.9 Å². The number of anilines is 1. The minimum atomic E-state index is -0.527. The van der Waals surface area contributed by atoms with Crippen molar-refractivity contribution in [2.24, 2.45) is 0 Å². The van der Waals surface area contributed by atoms with Crippen molar-refractivity contribution in [3.63, 3.8) is 0 Å². The van der Waals surface area contributed by atoms with Gasteiger partial charge in [0.2, 0.25) is 0 Å². The van der Waals surface area contributed by atoms with Crippen LogP contribution in [0.3, 0.4) is 0 Å². The summed E-state index contributed by atoms with van der Waals surface area (Å²) in [5.41, 5.74) is 0.586. The maximum absolute atomic E-state index is 12.4. The highest BCUT2D eigenvalue weighted by molar-refractivity contribution is 9.10. The number of phenolic OH excluding ortho intramolecular Hbond substituents is 1. The molecule has 0 heterocycles. The summed E-state index contributed by atoms with van der Waals surface area (Å²) in [5, 5.41) is 23.7. The Hall–Kier alpha value is -2.84. The summed E-state index contributed by atoms with van der Waals surface area (Å²) >= 11 is 4.47. The first-order valence-electron chi connectivity index (χ1n) is 7.74. The van der Waals surface area contributed by atoms with E-state index in [1.165, 1.54) is 30.3 Å². The number of nitro benzene ring substituents is 1. The van der Waals surface area contributed by atoms with E-state index in [9.17, 15) is 20.0 Å². The van der Waals surface area contributed by atoms with Gasteiger partial charge in [0.25, 0.3) is 11.6 Å². The zero-order valence-corrected chi connectivity index (χ0v) is 16.2. The second-order valence-corrected chi connectivity index (χ2v) is 7.53. The van der Waals surface area contributed by atoms with Crippen molar-refractivity contribution in [2.75, 3.05) is 5.32 Å². The number of amides is 1. The van der Waals surface area contributed by atoms with Gasteiger partial charge in [0, 0.05) is 26.7 Å². The Morgan fingerprint density at radius 1 is 1.07 bits per heavy atom. The molecule has 3 aromatic rings. The average molecular weight is 445 g/mol. The van der Waals surface area contributed by atoms with Crippen LogP contribution in [0, 0.1) is 10.1 Å². The monoisotopic (exact) mass is 444 g/mol. The van der Waals surface area contributed by atoms with E-state index in [1.807, 2.05) is 6.07 Å². The average Bonchev–Trinajstić information content (AvgIpc) is 2.62. The molecule has 0 aliphatic rings. The van der Waals surface area contributed by atoms with Gasteiger partial charge in [-0.3, -0.25) is 14.9 Å². The van der Waals surface area contributed by atoms with Crippen LogP contribution in [0.1, 0.15) is 10.4 Å². The first-order chi connectivity index (χ1) is 12.9. The van der Waals surface area contributed by atoms with Crippen molar-refractivity contribution >= 4 is 45.0 Å². The Balaban J connectivity index is 1.86. The van der Waals surface area contributed by atoms with Crippen LogP contribution in [0.2, 0.25) is 0 Å². The molecule has 0 saturated carbocycles. The SMILES string of the molecule is O=C(Nc1cccc(Br)c1)c1ccc(Sc2cccc(O)c2)c([N+](=O)[O-])c1. The van der Waals surface area contributed by atoms with Crippen molar-refractivity contribution in [2.45, 2.75) is 9.79 Å². The summed E-state index contributed by atoms with van der Waals surface area (Å²) in [6.07, 6.45) is 0. The van der Waals surface area contributed by atoms with E-state index in [-0.39, 0.29) is 17.0 Å². The van der Waals surface area contributed by atoms with Crippen LogP contribution in [-0.2, 0) is 0 Å². The van der Waals surface area contributed by atoms with Crippen LogP contribution >= 0.6 is 27.7 Å². The molecule has 136 valence electrons. The largest absolute Gasteiger partial charge is 0.508 e. The second-order valence-electron chi connectivity index (χ2n) is 5.50. The van der Waals surface area contributed by atoms with E-state index in [0.717, 1.165) is 16.2 Å². The Bertz CT molecular complexity index is 1030. The fourth-order valence-electron chi connectivity index (χ4n) is 2.33. The predicted molar refractivity (Wildman–Crippen MR) is 107 cm³/mol. The first-order valence-corrected chi connectivity index (χ1v) is 9.35. The third kappa shape index (κ3) is 4.87. The third-order valence-corrected chi connectivity index (χ3v) is 5.09. The van der Waals surface area contributed by atoms with Gasteiger partial charge >= 0.3 is 0 Å². The quantitative estimate of drug-likeness (QED) is 0.402. The molecule has 3 rings (SSSR count). The van der Waals surface area contributed by atoms with E-state index in [0.29, 0.717) is 15.5 Å². The van der Waals surface area contributed by atoms with Crippen LogP contribution in [0.15, 0.2) is 81.0 Å². The summed E-state index contributed by atoms with van der Waals surface area (Å²) in [6.45, 7) is 0. The van der Waals surface area contributed by atoms with Crippen LogP contribution < -0.4 is 5.32 Å². The highest BCUT2D eigenvalue weighted by atomic mass is 79.9. The molecule has 6 nitrogen and oxygen atoms in total. The molecular formula is C19H13BrN2O4S. The molecule has 0 bridgehead atoms. The molecule has 0 aliphatic carbocycles. The molecule has 8 heteroatoms. The molecule has 0 fully saturated rings. The minimum absolute atomic E-state index is 0.0765. The van der Waals surface area contributed by atoms with Crippen LogP contribution in [0.5, 0.6) is 5.75 Å². The number of aromatic hydroxyl groups is 1. The summed E-state index contributed by atoms with van der Waals surface area (Å²) in [7, 11) is 0. The highest BCUT2D eigenvalue weighted by Gasteiger charge is 2.19. The number of hydrogen-bond donors (Lipinski definition) is 2. The summed E-state index contributed by atoms with van der Waals surface area (Å²) in [5.74, 6) is -0.363. The van der Waals surface area contributed by atoms with Crippen molar-refractivity contribution in [3.8, 4) is 5.75 Å². The van der Waals surface area contributed by atoms with Gasteiger partial charge in [0.1, 0.15) is 5.75 Å². The van der Waals surface area contributed by atoms with Crippen molar-refractivity contribution in [3.05, 3.63) is 86.9 Å². The number of phenols is 1. The maximum atomic E-state index is 12.4. The zero-order chi connectivity index (χ0) is 19.4. The van der Waals surface area contributed by atoms with Crippen molar-refractivity contribution in [1.29, 1.82) is 0 Å². The molecule has 0 radical (unpaired) electrons. The van der Waals surface area contributed by atoms with Crippen molar-refractivity contribution in [1.82, 2.24) is 0 Å². The lowest BCUT2D eigenvalue weighted by atomic mass is 10.2. The lowest BCUT2D eigenvalue weighted by Crippen LogP contribution is -2.12. The number of carbonyl (C=O) groups excluding carboxylic acids is 1. The number of hydrogen-bond acceptors (Lipinski definition) is 5. The Morgan fingerprint density at radius 3 is 2.56 bits per heavy atom. The second kappa shape index (κ2) is 8.24. The Morgan fingerprint density at radius 2 is 1.85 bits per heavy atom. The van der Waals surface area contributed by atoms with Crippen LogP contribution in [0.25, 0.3) is 0 Å². The summed E-state index contributed by atoms with van der Waals surface area (Å²) in [4.78, 5) is 24.4. The number of carbonyl (C=O) groups is 1. The van der Waals surface area contributed by atoms with Crippen LogP contribution in [0.4, 0.5) is 11.4 Å². The standard InChI is InChI=1S/C19H13BrN2O4S/c20-13-3-1-4-14(10-13)21-19(24)12-7-8-18(17(9-12)22(25)26)27-16-6-2-5-15(23)11-16/h1-11,23H,(H,21,24). The van der Waals surface area contributed by atoms with Gasteiger partial charge in [0.05, 0.1) is 9.82 Å². The summed E-state index contributed by atoms with van der Waals surface area (Å²) < 4.78 is 0.809. The summed E-state index contributed by atoms with van der Waals surface area (Å²) in [6, 6.07) is 17.8. The predicted octanol–water partition coefficient (Wildman–Crippen LogP) is 5.47. The highest BCUT2D eigenvalue weighted by Crippen LogP contribution is 2.36. The third-order valence-electron chi connectivity index (χ3n) is 3.55. The molecule has 0 saturated heterocycles. The maximum Gasteiger partial charge on any atom is 0.284 e. The number of halogens is 1. The van der Waals surface area contributed by atoms with E-state index in [4.69, 9.17) is 0 Å². The van der Waals surface area contributed by atoms with Gasteiger partial charge in [-0.2, -0.15) is 0 Å². The van der Waals surface area contributed by atoms with Gasteiger partial charge < -0.3 is 10.4 Å². The van der Waals surface area contributed by atoms with E-state index in [1.54, 1.807) is 30.3 Å². The van der Waals surface area contributed by atoms with Gasteiger partial charge in [0.15, 0.2) is 0 Å². The lowest BCUT2D eigenvalue weighted by Gasteiger charge is -2.08. The van der Waals surface area contributed by atoms with Gasteiger partial charge in [-0.05, 0) is 48.5 Å². The van der Waals surface area contributed by atoms with Crippen molar-refractivity contribution < 1.29 is 14.8 Å². The normalized spacial score (nSPS) is 10.4. The molecule has 0 aliphatic heterocycles. The number of nitrogens with zero attached hydrogens (tertiary/aromatic N) is 1. The number of benzene rings is 3.